The Morgan fingerprint density at radius 1 is 1.22 bits per heavy atom. The summed E-state index contributed by atoms with van der Waals surface area (Å²) in [5, 5.41) is 0.611. The topological polar surface area (TPSA) is 77.0 Å². The van der Waals surface area contributed by atoms with Gasteiger partial charge in [-0.3, -0.25) is 4.79 Å². The molecule has 0 saturated heterocycles. The third-order valence-electron chi connectivity index (χ3n) is 4.95. The van der Waals surface area contributed by atoms with E-state index < -0.39 is 12.1 Å². The van der Waals surface area contributed by atoms with Gasteiger partial charge in [-0.1, -0.05) is 0 Å². The number of carbonyl (C=O) groups excluding carboxylic acids is 1. The molecule has 1 atom stereocenters. The molecule has 0 radical (unpaired) electrons. The largest absolute Gasteiger partial charge is 0.451 e. The first-order valence-corrected chi connectivity index (χ1v) is 9.82. The van der Waals surface area contributed by atoms with Crippen molar-refractivity contribution in [3.63, 3.8) is 0 Å². The van der Waals surface area contributed by atoms with Crippen molar-refractivity contribution in [3.05, 3.63) is 49.6 Å². The zero-order chi connectivity index (χ0) is 20.0. The van der Waals surface area contributed by atoms with Crippen molar-refractivity contribution in [3.8, 4) is 0 Å². The smallest absolute Gasteiger partial charge is 0.340 e. The maximum absolute atomic E-state index is 12.7. The summed E-state index contributed by atoms with van der Waals surface area (Å²) in [6.07, 6.45) is -0.653. The Kier molecular flexibility index (Phi) is 4.99. The van der Waals surface area contributed by atoms with Crippen molar-refractivity contribution in [2.75, 3.05) is 0 Å². The number of H-pyrrole nitrogens is 1. The summed E-state index contributed by atoms with van der Waals surface area (Å²) in [5.74, 6) is -0.0523. The molecule has 27 heavy (non-hydrogen) atoms. The molecule has 0 fully saturated rings. The van der Waals surface area contributed by atoms with Crippen LogP contribution in [0.25, 0.3) is 10.2 Å². The molecule has 0 aromatic carbocycles. The first-order chi connectivity index (χ1) is 12.6. The minimum Gasteiger partial charge on any atom is -0.451 e. The molecule has 0 aliphatic heterocycles. The van der Waals surface area contributed by atoms with Crippen molar-refractivity contribution < 1.29 is 9.53 Å². The van der Waals surface area contributed by atoms with Crippen LogP contribution in [0.3, 0.4) is 0 Å². The highest BCUT2D eigenvalue weighted by atomic mass is 32.1. The van der Waals surface area contributed by atoms with Crippen molar-refractivity contribution in [2.45, 2.75) is 60.6 Å². The van der Waals surface area contributed by atoms with Gasteiger partial charge in [0.25, 0.3) is 5.56 Å². The quantitative estimate of drug-likeness (QED) is 0.668. The molecule has 3 aromatic heterocycles. The fourth-order valence-electron chi connectivity index (χ4n) is 3.52. The van der Waals surface area contributed by atoms with E-state index in [2.05, 4.69) is 28.4 Å². The average molecular weight is 388 g/mol. The predicted molar refractivity (Wildman–Crippen MR) is 108 cm³/mol. The van der Waals surface area contributed by atoms with Crippen LogP contribution in [0.1, 0.15) is 70.9 Å². The minimum absolute atomic E-state index is 0.197. The van der Waals surface area contributed by atoms with Crippen LogP contribution in [0, 0.1) is 27.7 Å². The van der Waals surface area contributed by atoms with Gasteiger partial charge in [0.2, 0.25) is 0 Å². The Labute approximate surface area is 162 Å². The van der Waals surface area contributed by atoms with Gasteiger partial charge in [0.15, 0.2) is 11.9 Å². The lowest BCUT2D eigenvalue weighted by molar-refractivity contribution is 0.0319. The van der Waals surface area contributed by atoms with Gasteiger partial charge < -0.3 is 14.3 Å². The number of rotatable bonds is 4. The molecule has 144 valence electrons. The fraction of sp³-hybridized carbons (Fsp3) is 0.450. The van der Waals surface area contributed by atoms with E-state index in [0.717, 1.165) is 21.8 Å². The molecular formula is C20H25N3O3S. The van der Waals surface area contributed by atoms with Crippen molar-refractivity contribution >= 4 is 27.5 Å². The maximum atomic E-state index is 12.7. The minimum atomic E-state index is -0.653. The van der Waals surface area contributed by atoms with Crippen LogP contribution in [0.5, 0.6) is 0 Å². The van der Waals surface area contributed by atoms with Crippen LogP contribution in [0.15, 0.2) is 10.9 Å². The number of carbonyl (C=O) groups is 1. The number of aromatic amines is 1. The lowest BCUT2D eigenvalue weighted by atomic mass is 10.2. The molecule has 0 saturated carbocycles. The third-order valence-corrected chi connectivity index (χ3v) is 6.05. The summed E-state index contributed by atoms with van der Waals surface area (Å²) in [6, 6.07) is 2.10. The molecule has 6 nitrogen and oxygen atoms in total. The normalized spacial score (nSPS) is 12.7. The van der Waals surface area contributed by atoms with Gasteiger partial charge in [-0.25, -0.2) is 9.78 Å². The van der Waals surface area contributed by atoms with E-state index in [9.17, 15) is 9.59 Å². The number of hydrogen-bond donors (Lipinski definition) is 1. The predicted octanol–water partition coefficient (Wildman–Crippen LogP) is 4.52. The van der Waals surface area contributed by atoms with Gasteiger partial charge in [0, 0.05) is 22.3 Å². The van der Waals surface area contributed by atoms with Gasteiger partial charge in [-0.05, 0) is 60.1 Å². The SMILES string of the molecule is Cc1sc2nc([C@@H](C)OC(=O)c3cc(C)n(C(C)C)c3C)[nH]c(=O)c2c1C. The Hall–Kier alpha value is -2.41. The van der Waals surface area contributed by atoms with Crippen molar-refractivity contribution in [1.29, 1.82) is 0 Å². The molecule has 0 unspecified atom stereocenters. The maximum Gasteiger partial charge on any atom is 0.340 e. The number of nitrogens with one attached hydrogen (secondary N) is 1. The first-order valence-electron chi connectivity index (χ1n) is 9.01. The van der Waals surface area contributed by atoms with Crippen LogP contribution in [-0.4, -0.2) is 20.5 Å². The molecule has 3 rings (SSSR count). The van der Waals surface area contributed by atoms with Gasteiger partial charge in [-0.15, -0.1) is 11.3 Å². The van der Waals surface area contributed by atoms with Crippen LogP contribution in [0.2, 0.25) is 0 Å². The summed E-state index contributed by atoms with van der Waals surface area (Å²) in [4.78, 5) is 34.1. The molecule has 0 aliphatic rings. The van der Waals surface area contributed by atoms with E-state index in [4.69, 9.17) is 4.74 Å². The molecule has 0 bridgehead atoms. The van der Waals surface area contributed by atoms with Crippen molar-refractivity contribution in [2.24, 2.45) is 0 Å². The second-order valence-electron chi connectivity index (χ2n) is 7.21. The molecule has 0 amide bonds. The van der Waals surface area contributed by atoms with E-state index in [1.807, 2.05) is 33.8 Å². The lowest BCUT2D eigenvalue weighted by Crippen LogP contribution is -2.17. The number of esters is 1. The highest BCUT2D eigenvalue weighted by molar-refractivity contribution is 7.18. The van der Waals surface area contributed by atoms with Gasteiger partial charge >= 0.3 is 5.97 Å². The number of thiophene rings is 1. The van der Waals surface area contributed by atoms with E-state index in [1.54, 1.807) is 6.92 Å². The van der Waals surface area contributed by atoms with E-state index in [0.29, 0.717) is 21.6 Å². The highest BCUT2D eigenvalue weighted by Crippen LogP contribution is 2.27. The number of ether oxygens (including phenoxy) is 1. The summed E-state index contributed by atoms with van der Waals surface area (Å²) in [5.41, 5.74) is 3.18. The van der Waals surface area contributed by atoms with Gasteiger partial charge in [0.05, 0.1) is 10.9 Å². The zero-order valence-electron chi connectivity index (χ0n) is 16.8. The summed E-state index contributed by atoms with van der Waals surface area (Å²) in [6.45, 7) is 13.6. The molecule has 0 spiro atoms. The number of hydrogen-bond acceptors (Lipinski definition) is 5. The second kappa shape index (κ2) is 6.96. The highest BCUT2D eigenvalue weighted by Gasteiger charge is 2.22. The lowest BCUT2D eigenvalue weighted by Gasteiger charge is -2.15. The Balaban J connectivity index is 1.91. The van der Waals surface area contributed by atoms with Crippen LogP contribution in [-0.2, 0) is 4.74 Å². The van der Waals surface area contributed by atoms with E-state index >= 15 is 0 Å². The van der Waals surface area contributed by atoms with Crippen LogP contribution < -0.4 is 5.56 Å². The molecule has 3 aromatic rings. The summed E-state index contributed by atoms with van der Waals surface area (Å²) < 4.78 is 7.71. The van der Waals surface area contributed by atoms with Gasteiger partial charge in [-0.2, -0.15) is 0 Å². The molecule has 7 heteroatoms. The zero-order valence-corrected chi connectivity index (χ0v) is 17.6. The molecule has 3 heterocycles. The average Bonchev–Trinajstić information content (AvgIpc) is 3.03. The number of fused-ring (bicyclic) bond motifs is 1. The van der Waals surface area contributed by atoms with Crippen molar-refractivity contribution in [1.82, 2.24) is 14.5 Å². The van der Waals surface area contributed by atoms with E-state index in [1.165, 1.54) is 11.3 Å². The third kappa shape index (κ3) is 3.32. The van der Waals surface area contributed by atoms with E-state index in [-0.39, 0.29) is 11.6 Å². The first kappa shape index (κ1) is 19.4. The standard InChI is InChI=1S/C20H25N3O3S/c1-9(2)23-10(3)8-15(12(23)5)20(25)26-13(6)17-21-18(24)16-11(4)14(7)27-19(16)22-17/h8-9,13H,1-7H3,(H,21,22,24)/t13-/m1/s1. The number of aromatic nitrogens is 3. The van der Waals surface area contributed by atoms with Crippen LogP contribution in [0.4, 0.5) is 0 Å². The molecule has 1 N–H and O–H groups in total. The molecular weight excluding hydrogens is 362 g/mol. The second-order valence-corrected chi connectivity index (χ2v) is 8.41. The summed E-state index contributed by atoms with van der Waals surface area (Å²) >= 11 is 1.48. The number of aryl methyl sites for hydroxylation is 3. The van der Waals surface area contributed by atoms with Crippen LogP contribution >= 0.6 is 11.3 Å². The Bertz CT molecular complexity index is 1090. The Morgan fingerprint density at radius 3 is 2.48 bits per heavy atom. The molecule has 0 aliphatic carbocycles. The fourth-order valence-corrected chi connectivity index (χ4v) is 4.56. The van der Waals surface area contributed by atoms with Gasteiger partial charge in [0.1, 0.15) is 4.83 Å². The summed E-state index contributed by atoms with van der Waals surface area (Å²) in [7, 11) is 0. The Morgan fingerprint density at radius 2 is 1.89 bits per heavy atom. The number of nitrogens with zero attached hydrogens (tertiary/aromatic N) is 2. The monoisotopic (exact) mass is 387 g/mol.